The predicted octanol–water partition coefficient (Wildman–Crippen LogP) is 0.417. The molecule has 116 valence electrons. The van der Waals surface area contributed by atoms with Gasteiger partial charge in [-0.2, -0.15) is 15.0 Å². The first-order valence-electron chi connectivity index (χ1n) is 7.26. The van der Waals surface area contributed by atoms with Gasteiger partial charge in [-0.3, -0.25) is 4.79 Å². The molecule has 0 radical (unpaired) electrons. The minimum atomic E-state index is -0.0119. The van der Waals surface area contributed by atoms with Crippen LogP contribution in [0.3, 0.4) is 0 Å². The van der Waals surface area contributed by atoms with E-state index >= 15 is 0 Å². The summed E-state index contributed by atoms with van der Waals surface area (Å²) >= 11 is 0. The van der Waals surface area contributed by atoms with Crippen molar-refractivity contribution in [3.05, 3.63) is 0 Å². The van der Waals surface area contributed by atoms with E-state index < -0.39 is 0 Å². The molecule has 1 aliphatic heterocycles. The first-order chi connectivity index (χ1) is 10.1. The van der Waals surface area contributed by atoms with Crippen molar-refractivity contribution in [3.8, 4) is 6.01 Å². The molecule has 8 heteroatoms. The molecular formula is C13H22N6O2. The number of carbonyl (C=O) groups excluding carboxylic acids is 1. The topological polar surface area (TPSA) is 92.3 Å². The van der Waals surface area contributed by atoms with Crippen molar-refractivity contribution < 1.29 is 9.53 Å². The second kappa shape index (κ2) is 7.05. The molecule has 2 heterocycles. The Bertz CT molecular complexity index is 494. The number of hydrogen-bond acceptors (Lipinski definition) is 7. The molecule has 0 unspecified atom stereocenters. The third-order valence-electron chi connectivity index (χ3n) is 2.87. The van der Waals surface area contributed by atoms with Gasteiger partial charge in [0.05, 0.1) is 6.10 Å². The molecule has 2 rings (SSSR count). The van der Waals surface area contributed by atoms with Crippen LogP contribution in [0.5, 0.6) is 6.01 Å². The van der Waals surface area contributed by atoms with E-state index in [1.165, 1.54) is 0 Å². The molecule has 0 aromatic carbocycles. The van der Waals surface area contributed by atoms with E-state index in [1.54, 1.807) is 0 Å². The molecule has 0 atom stereocenters. The van der Waals surface area contributed by atoms with Crippen LogP contribution >= 0.6 is 0 Å². The van der Waals surface area contributed by atoms with E-state index in [0.29, 0.717) is 50.5 Å². The fourth-order valence-electron chi connectivity index (χ4n) is 1.95. The Labute approximate surface area is 124 Å². The predicted molar refractivity (Wildman–Crippen MR) is 79.6 cm³/mol. The van der Waals surface area contributed by atoms with Crippen LogP contribution in [0.2, 0.25) is 0 Å². The molecule has 0 saturated carbocycles. The van der Waals surface area contributed by atoms with E-state index in [0.717, 1.165) is 0 Å². The molecule has 8 nitrogen and oxygen atoms in total. The minimum Gasteiger partial charge on any atom is -0.461 e. The molecule has 0 spiro atoms. The van der Waals surface area contributed by atoms with E-state index in [-0.39, 0.29) is 12.0 Å². The molecule has 1 aromatic heterocycles. The Morgan fingerprint density at radius 2 is 2.14 bits per heavy atom. The number of nitrogens with one attached hydrogen (secondary N) is 2. The lowest BCUT2D eigenvalue weighted by Crippen LogP contribution is -2.30. The van der Waals surface area contributed by atoms with Crippen LogP contribution in [-0.4, -0.2) is 53.1 Å². The van der Waals surface area contributed by atoms with Crippen LogP contribution in [0.4, 0.5) is 11.9 Å². The summed E-state index contributed by atoms with van der Waals surface area (Å²) < 4.78 is 5.57. The summed E-state index contributed by atoms with van der Waals surface area (Å²) in [5.41, 5.74) is 0. The van der Waals surface area contributed by atoms with Crippen molar-refractivity contribution in [1.82, 2.24) is 20.3 Å². The lowest BCUT2D eigenvalue weighted by atomic mass is 10.4. The van der Waals surface area contributed by atoms with Gasteiger partial charge in [-0.15, -0.1) is 0 Å². The van der Waals surface area contributed by atoms with E-state index in [4.69, 9.17) is 4.74 Å². The largest absolute Gasteiger partial charge is 0.461 e. The van der Waals surface area contributed by atoms with E-state index in [1.807, 2.05) is 25.7 Å². The molecule has 1 fully saturated rings. The molecule has 1 aliphatic rings. The smallest absolute Gasteiger partial charge is 0.323 e. The van der Waals surface area contributed by atoms with Gasteiger partial charge in [0.25, 0.3) is 0 Å². The minimum absolute atomic E-state index is 0.0119. The van der Waals surface area contributed by atoms with Crippen LogP contribution in [-0.2, 0) is 4.79 Å². The number of amides is 1. The Kier molecular flexibility index (Phi) is 5.13. The number of hydrogen-bond donors (Lipinski definition) is 2. The lowest BCUT2D eigenvalue weighted by Gasteiger charge is -2.20. The summed E-state index contributed by atoms with van der Waals surface area (Å²) in [6.45, 7) is 8.37. The summed E-state index contributed by atoms with van der Waals surface area (Å²) in [6, 6.07) is 0.300. The number of nitrogens with zero attached hydrogens (tertiary/aromatic N) is 4. The number of aromatic nitrogens is 3. The van der Waals surface area contributed by atoms with Gasteiger partial charge in [0.2, 0.25) is 17.8 Å². The molecule has 1 aromatic rings. The molecular weight excluding hydrogens is 272 g/mol. The van der Waals surface area contributed by atoms with Crippen molar-refractivity contribution in [2.45, 2.75) is 33.3 Å². The third-order valence-corrected chi connectivity index (χ3v) is 2.87. The van der Waals surface area contributed by atoms with Crippen molar-refractivity contribution in [1.29, 1.82) is 0 Å². The average Bonchev–Trinajstić information content (AvgIpc) is 2.63. The van der Waals surface area contributed by atoms with Crippen LogP contribution in [0, 0.1) is 0 Å². The summed E-state index contributed by atoms with van der Waals surface area (Å²) in [4.78, 5) is 26.4. The Hall–Kier alpha value is -2.12. The zero-order chi connectivity index (χ0) is 15.2. The number of anilines is 2. The van der Waals surface area contributed by atoms with Crippen molar-refractivity contribution in [2.75, 3.05) is 36.4 Å². The van der Waals surface area contributed by atoms with E-state index in [2.05, 4.69) is 25.6 Å². The standard InChI is InChI=1S/C13H22N6O2/c1-4-14-11-16-12(18-13(17-11)21-9(2)3)19-7-5-10(20)15-6-8-19/h9H,4-8H2,1-3H3,(H,15,20)(H,14,16,17,18). The van der Waals surface area contributed by atoms with Crippen LogP contribution in [0.25, 0.3) is 0 Å². The second-order valence-electron chi connectivity index (χ2n) is 5.03. The van der Waals surface area contributed by atoms with Gasteiger partial charge in [0.1, 0.15) is 0 Å². The molecule has 2 N–H and O–H groups in total. The maximum absolute atomic E-state index is 11.4. The fourth-order valence-corrected chi connectivity index (χ4v) is 1.95. The van der Waals surface area contributed by atoms with Gasteiger partial charge in [-0.25, -0.2) is 0 Å². The van der Waals surface area contributed by atoms with Gasteiger partial charge >= 0.3 is 6.01 Å². The first kappa shape index (κ1) is 15.3. The van der Waals surface area contributed by atoms with Gasteiger partial charge in [0, 0.05) is 32.6 Å². The van der Waals surface area contributed by atoms with Crippen LogP contribution < -0.4 is 20.3 Å². The molecule has 21 heavy (non-hydrogen) atoms. The number of ether oxygens (including phenoxy) is 1. The SMILES string of the molecule is CCNc1nc(OC(C)C)nc(N2CCNC(=O)CC2)n1. The van der Waals surface area contributed by atoms with Crippen molar-refractivity contribution >= 4 is 17.8 Å². The van der Waals surface area contributed by atoms with Gasteiger partial charge in [0.15, 0.2) is 0 Å². The summed E-state index contributed by atoms with van der Waals surface area (Å²) in [5, 5.41) is 5.91. The highest BCUT2D eigenvalue weighted by Gasteiger charge is 2.18. The summed E-state index contributed by atoms with van der Waals surface area (Å²) in [5.74, 6) is 1.08. The number of carbonyl (C=O) groups is 1. The molecule has 0 aliphatic carbocycles. The highest BCUT2D eigenvalue weighted by Crippen LogP contribution is 2.16. The van der Waals surface area contributed by atoms with Gasteiger partial charge in [-0.05, 0) is 20.8 Å². The van der Waals surface area contributed by atoms with Crippen LogP contribution in [0.15, 0.2) is 0 Å². The first-order valence-corrected chi connectivity index (χ1v) is 7.26. The number of rotatable bonds is 5. The Morgan fingerprint density at radius 1 is 1.33 bits per heavy atom. The monoisotopic (exact) mass is 294 g/mol. The molecule has 0 bridgehead atoms. The third kappa shape index (κ3) is 4.44. The summed E-state index contributed by atoms with van der Waals surface area (Å²) in [7, 11) is 0. The van der Waals surface area contributed by atoms with Crippen molar-refractivity contribution in [2.24, 2.45) is 0 Å². The maximum atomic E-state index is 11.4. The van der Waals surface area contributed by atoms with Crippen molar-refractivity contribution in [3.63, 3.8) is 0 Å². The van der Waals surface area contributed by atoms with Gasteiger partial charge in [-0.1, -0.05) is 0 Å². The normalized spacial score (nSPS) is 15.6. The zero-order valence-electron chi connectivity index (χ0n) is 12.7. The highest BCUT2D eigenvalue weighted by atomic mass is 16.5. The summed E-state index contributed by atoms with van der Waals surface area (Å²) in [6.07, 6.45) is 0.421. The maximum Gasteiger partial charge on any atom is 0.323 e. The molecule has 1 amide bonds. The zero-order valence-corrected chi connectivity index (χ0v) is 12.7. The van der Waals surface area contributed by atoms with Gasteiger partial charge < -0.3 is 20.3 Å². The Morgan fingerprint density at radius 3 is 2.86 bits per heavy atom. The Balaban J connectivity index is 2.23. The fraction of sp³-hybridized carbons (Fsp3) is 0.692. The molecule has 1 saturated heterocycles. The second-order valence-corrected chi connectivity index (χ2v) is 5.03. The lowest BCUT2D eigenvalue weighted by molar-refractivity contribution is -0.120. The van der Waals surface area contributed by atoms with E-state index in [9.17, 15) is 4.79 Å². The highest BCUT2D eigenvalue weighted by molar-refractivity contribution is 5.77. The quantitative estimate of drug-likeness (QED) is 0.813. The average molecular weight is 294 g/mol. The van der Waals surface area contributed by atoms with Crippen LogP contribution in [0.1, 0.15) is 27.2 Å².